The molecule has 5 aromatic heterocycles. The topological polar surface area (TPSA) is 282 Å². The number of hydrogen-bond donors (Lipinski definition) is 3. The molecule has 0 aliphatic carbocycles. The number of imidazole rings is 2. The SMILES string of the molecule is CC(C)OC(=O)[C@H](C)C(C)C.CC(C)[C@H](C)C(=O)OCc1ccccc1.CC(C)n1ccc(=O)[nH]c1=O.CC(C)n1cnc2c(Cl)nc(N)nc21.CCCCOC(=O)[C@@H](C)C(C)C.CCOc1nc(N)nc2c1ncn2C(C)C. The number of nitrogen functional groups attached to an aromatic ring is 2. The second-order valence-electron chi connectivity index (χ2n) is 20.8. The lowest BCUT2D eigenvalue weighted by molar-refractivity contribution is -0.153. The zero-order chi connectivity index (χ0) is 60.3. The fourth-order valence-electron chi connectivity index (χ4n) is 6.10. The number of benzene rings is 1. The molecule has 0 amide bonds. The monoisotopic (exact) mass is 1120 g/mol. The Labute approximate surface area is 472 Å². The van der Waals surface area contributed by atoms with Crippen LogP contribution in [-0.2, 0) is 35.2 Å². The summed E-state index contributed by atoms with van der Waals surface area (Å²) < 4.78 is 26.0. The standard InChI is InChI=1S/C13H18O2.C10H15N5O.C10H20O2.C9H18O2.C8H10ClN5.C7H10N2O2/c1-10(2)11(3)13(14)15-9-12-7-5-4-6-8-12;1-4-16-9-7-8(13-10(11)14-9)15(5-12-7)6(2)3;1-5-6-7-12-10(11)9(4)8(2)3;1-6(2)8(5)9(10)11-7(3)4;1-4(2)14-3-11-5-6(9)12-8(10)13-7(5)14;1-5(2)9-4-3-6(10)8-7(9)11/h4-8,10-11H,9H2,1-3H3;5-6H,4H2,1-3H3,(H2,11,13,14);8-9H,5-7H2,1-4H3;6-8H,1-5H3;3-4H,1-2H3,(H2,10,12,13);3-5H,1-2H3,(H,8,10,11)/t11-;;9-;8-;;/m0.01../s1. The molecule has 0 bridgehead atoms. The van der Waals surface area contributed by atoms with Gasteiger partial charge in [0, 0.05) is 30.4 Å². The van der Waals surface area contributed by atoms with Crippen molar-refractivity contribution >= 4 is 63.7 Å². The molecule has 0 saturated carbocycles. The van der Waals surface area contributed by atoms with Gasteiger partial charge in [-0.05, 0) is 92.1 Å². The van der Waals surface area contributed by atoms with E-state index in [9.17, 15) is 24.0 Å². The molecule has 0 spiro atoms. The molecule has 5 N–H and O–H groups in total. The first-order valence-corrected chi connectivity index (χ1v) is 27.5. The molecule has 0 aliphatic heterocycles. The number of carbonyl (C=O) groups is 3. The Morgan fingerprint density at radius 2 is 1.08 bits per heavy atom. The lowest BCUT2D eigenvalue weighted by atomic mass is 9.98. The fourth-order valence-corrected chi connectivity index (χ4v) is 6.32. The summed E-state index contributed by atoms with van der Waals surface area (Å²) in [5.41, 5.74) is 14.1. The van der Waals surface area contributed by atoms with Crippen LogP contribution >= 0.6 is 11.6 Å². The fraction of sp³-hybridized carbons (Fsp3) is 0.596. The zero-order valence-corrected chi connectivity index (χ0v) is 51.0. The first-order chi connectivity index (χ1) is 37.0. The molecule has 0 radical (unpaired) electrons. The smallest absolute Gasteiger partial charge is 0.328 e. The highest BCUT2D eigenvalue weighted by molar-refractivity contribution is 6.33. The predicted molar refractivity (Wildman–Crippen MR) is 313 cm³/mol. The number of esters is 3. The number of nitrogens with zero attached hydrogens (tertiary/aromatic N) is 9. The Morgan fingerprint density at radius 1 is 0.608 bits per heavy atom. The summed E-state index contributed by atoms with van der Waals surface area (Å²) in [5, 5.41) is 0.298. The second-order valence-corrected chi connectivity index (χ2v) is 21.2. The number of fused-ring (bicyclic) bond motifs is 2. The molecule has 0 aliphatic rings. The van der Waals surface area contributed by atoms with Gasteiger partial charge in [-0.15, -0.1) is 0 Å². The van der Waals surface area contributed by atoms with Gasteiger partial charge in [0.25, 0.3) is 5.56 Å². The molecule has 6 rings (SSSR count). The van der Waals surface area contributed by atoms with E-state index in [-0.39, 0.29) is 83.0 Å². The van der Waals surface area contributed by atoms with Gasteiger partial charge in [-0.3, -0.25) is 28.7 Å². The highest BCUT2D eigenvalue weighted by Gasteiger charge is 2.20. The van der Waals surface area contributed by atoms with Gasteiger partial charge in [0.05, 0.1) is 49.7 Å². The van der Waals surface area contributed by atoms with E-state index < -0.39 is 0 Å². The van der Waals surface area contributed by atoms with Crippen molar-refractivity contribution in [1.29, 1.82) is 0 Å². The molecule has 21 nitrogen and oxygen atoms in total. The molecular weight excluding hydrogens is 1030 g/mol. The molecule has 1 aromatic carbocycles. The molecular formula is C57H91ClN12O9. The van der Waals surface area contributed by atoms with Crippen LogP contribution in [0.25, 0.3) is 22.3 Å². The molecule has 0 fully saturated rings. The average molecular weight is 1120 g/mol. The van der Waals surface area contributed by atoms with E-state index in [1.807, 2.05) is 150 Å². The number of aromatic amines is 1. The van der Waals surface area contributed by atoms with Gasteiger partial charge in [-0.2, -0.15) is 19.9 Å². The van der Waals surface area contributed by atoms with Crippen molar-refractivity contribution in [3.05, 3.63) is 86.8 Å². The summed E-state index contributed by atoms with van der Waals surface area (Å²) in [6, 6.07) is 11.7. The number of unbranched alkanes of at least 4 members (excludes halogenated alkanes) is 1. The number of carbonyl (C=O) groups excluding carboxylic acids is 3. The van der Waals surface area contributed by atoms with Crippen molar-refractivity contribution in [2.45, 2.75) is 175 Å². The van der Waals surface area contributed by atoms with Gasteiger partial charge in [0.2, 0.25) is 17.8 Å². The summed E-state index contributed by atoms with van der Waals surface area (Å²) in [6.45, 7) is 39.0. The quantitative estimate of drug-likeness (QED) is 0.0331. The highest BCUT2D eigenvalue weighted by atomic mass is 35.5. The number of halogens is 1. The van der Waals surface area contributed by atoms with E-state index in [2.05, 4.69) is 55.7 Å². The maximum Gasteiger partial charge on any atom is 0.328 e. The van der Waals surface area contributed by atoms with E-state index in [1.54, 1.807) is 12.7 Å². The molecule has 79 heavy (non-hydrogen) atoms. The third-order valence-electron chi connectivity index (χ3n) is 12.0. The Kier molecular flexibility index (Phi) is 31.6. The van der Waals surface area contributed by atoms with E-state index >= 15 is 0 Å². The normalized spacial score (nSPS) is 12.0. The third kappa shape index (κ3) is 24.8. The Balaban J connectivity index is 0.000000477. The number of anilines is 2. The number of aromatic nitrogens is 10. The molecule has 440 valence electrons. The number of hydrogen-bond acceptors (Lipinski definition) is 17. The van der Waals surface area contributed by atoms with Crippen LogP contribution in [-0.4, -0.2) is 85.8 Å². The van der Waals surface area contributed by atoms with Gasteiger partial charge in [0.15, 0.2) is 22.0 Å². The Morgan fingerprint density at radius 3 is 1.53 bits per heavy atom. The molecule has 3 atom stereocenters. The Bertz CT molecular complexity index is 2860. The summed E-state index contributed by atoms with van der Waals surface area (Å²) in [7, 11) is 0. The minimum Gasteiger partial charge on any atom is -0.476 e. The van der Waals surface area contributed by atoms with E-state index in [4.69, 9.17) is 42.0 Å². The Hall–Kier alpha value is -6.90. The van der Waals surface area contributed by atoms with Crippen molar-refractivity contribution in [1.82, 2.24) is 48.6 Å². The molecule has 0 saturated heterocycles. The van der Waals surface area contributed by atoms with Crippen molar-refractivity contribution in [3.63, 3.8) is 0 Å². The summed E-state index contributed by atoms with van der Waals surface area (Å²) in [4.78, 5) is 82.2. The number of H-pyrrole nitrogens is 1. The van der Waals surface area contributed by atoms with Gasteiger partial charge < -0.3 is 39.5 Å². The van der Waals surface area contributed by atoms with E-state index in [1.165, 1.54) is 16.8 Å². The van der Waals surface area contributed by atoms with Crippen LogP contribution in [0.3, 0.4) is 0 Å². The van der Waals surface area contributed by atoms with Crippen LogP contribution in [0, 0.1) is 35.5 Å². The van der Waals surface area contributed by atoms with Gasteiger partial charge in [-0.1, -0.05) is 118 Å². The van der Waals surface area contributed by atoms with E-state index in [0.717, 1.165) is 18.4 Å². The average Bonchev–Trinajstić information content (AvgIpc) is 4.06. The zero-order valence-electron chi connectivity index (χ0n) is 50.2. The molecule has 6 aromatic rings. The van der Waals surface area contributed by atoms with Crippen LogP contribution in [0.5, 0.6) is 5.88 Å². The van der Waals surface area contributed by atoms with Crippen LogP contribution in [0.4, 0.5) is 11.9 Å². The van der Waals surface area contributed by atoms with Crippen LogP contribution in [0.1, 0.15) is 168 Å². The van der Waals surface area contributed by atoms with Crippen LogP contribution in [0.2, 0.25) is 5.15 Å². The van der Waals surface area contributed by atoms with Gasteiger partial charge in [0.1, 0.15) is 12.1 Å². The van der Waals surface area contributed by atoms with Gasteiger partial charge in [-0.25, -0.2) is 14.8 Å². The second kappa shape index (κ2) is 35.6. The maximum atomic E-state index is 11.5. The van der Waals surface area contributed by atoms with Crippen molar-refractivity contribution in [3.8, 4) is 5.88 Å². The van der Waals surface area contributed by atoms with Crippen molar-refractivity contribution in [2.75, 3.05) is 24.7 Å². The third-order valence-corrected chi connectivity index (χ3v) is 12.3. The molecule has 5 heterocycles. The first kappa shape index (κ1) is 70.1. The minimum atomic E-state index is -0.355. The predicted octanol–water partition coefficient (Wildman–Crippen LogP) is 11.0. The lowest BCUT2D eigenvalue weighted by Gasteiger charge is -2.16. The number of ether oxygens (including phenoxy) is 4. The molecule has 0 unspecified atom stereocenters. The van der Waals surface area contributed by atoms with Crippen LogP contribution in [0.15, 0.2) is 64.8 Å². The number of nitrogens with one attached hydrogen (secondary N) is 1. The minimum absolute atomic E-state index is 0.00343. The summed E-state index contributed by atoms with van der Waals surface area (Å²) in [5.74, 6) is 1.64. The van der Waals surface area contributed by atoms with Gasteiger partial charge >= 0.3 is 23.6 Å². The summed E-state index contributed by atoms with van der Waals surface area (Å²) >= 11 is 5.87. The molecule has 22 heteroatoms. The van der Waals surface area contributed by atoms with Crippen molar-refractivity contribution in [2.24, 2.45) is 35.5 Å². The first-order valence-electron chi connectivity index (χ1n) is 27.2. The summed E-state index contributed by atoms with van der Waals surface area (Å²) in [6.07, 6.45) is 6.95. The highest BCUT2D eigenvalue weighted by Crippen LogP contribution is 2.25. The van der Waals surface area contributed by atoms with E-state index in [0.29, 0.717) is 70.9 Å². The van der Waals surface area contributed by atoms with Crippen LogP contribution < -0.4 is 27.5 Å². The maximum absolute atomic E-state index is 11.5. The number of nitrogens with two attached hydrogens (primary N) is 2. The lowest BCUT2D eigenvalue weighted by Crippen LogP contribution is -2.29. The van der Waals surface area contributed by atoms with Crippen molar-refractivity contribution < 1.29 is 33.3 Å². The number of rotatable bonds is 17. The largest absolute Gasteiger partial charge is 0.476 e.